The van der Waals surface area contributed by atoms with Crippen LogP contribution >= 0.6 is 0 Å². The fraction of sp³-hybridized carbons (Fsp3) is 0.0769. The minimum atomic E-state index is -0.215. The summed E-state index contributed by atoms with van der Waals surface area (Å²) in [5.41, 5.74) is 3.02. The van der Waals surface area contributed by atoms with Crippen LogP contribution in [0.1, 0.15) is 16.2 Å². The molecule has 2 aromatic heterocycles. The minimum Gasteiger partial charge on any atom is -0.361 e. The Balaban J connectivity index is 1.92. The zero-order valence-electron chi connectivity index (χ0n) is 9.82. The molecule has 0 aliphatic rings. The Morgan fingerprint density at radius 3 is 3.00 bits per heavy atom. The van der Waals surface area contributed by atoms with E-state index in [1.54, 1.807) is 6.07 Å². The van der Waals surface area contributed by atoms with Gasteiger partial charge in [-0.2, -0.15) is 5.10 Å². The molecule has 0 aliphatic carbocycles. The van der Waals surface area contributed by atoms with Crippen LogP contribution in [0.15, 0.2) is 36.5 Å². The van der Waals surface area contributed by atoms with Gasteiger partial charge < -0.3 is 10.3 Å². The summed E-state index contributed by atoms with van der Waals surface area (Å²) in [7, 11) is 0. The molecular weight excluding hydrogens is 228 g/mol. The van der Waals surface area contributed by atoms with Crippen LogP contribution in [0.25, 0.3) is 10.9 Å². The number of fused-ring (bicyclic) bond motifs is 1. The summed E-state index contributed by atoms with van der Waals surface area (Å²) in [5, 5.41) is 10.5. The van der Waals surface area contributed by atoms with Crippen molar-refractivity contribution < 1.29 is 4.79 Å². The summed E-state index contributed by atoms with van der Waals surface area (Å²) in [6.07, 6.45) is 1.85. The monoisotopic (exact) mass is 240 g/mol. The number of aromatic nitrogens is 3. The molecule has 3 rings (SSSR count). The van der Waals surface area contributed by atoms with Gasteiger partial charge in [0.05, 0.1) is 5.69 Å². The van der Waals surface area contributed by atoms with Gasteiger partial charge in [-0.15, -0.1) is 0 Å². The lowest BCUT2D eigenvalue weighted by Crippen LogP contribution is -2.12. The van der Waals surface area contributed by atoms with Gasteiger partial charge >= 0.3 is 0 Å². The molecule has 0 aliphatic heterocycles. The maximum atomic E-state index is 12.0. The quantitative estimate of drug-likeness (QED) is 0.643. The topological polar surface area (TPSA) is 73.6 Å². The van der Waals surface area contributed by atoms with E-state index in [0.717, 1.165) is 22.3 Å². The predicted octanol–water partition coefficient (Wildman–Crippen LogP) is 2.45. The Labute approximate surface area is 103 Å². The Hall–Kier alpha value is -2.56. The molecule has 0 saturated heterocycles. The number of H-pyrrole nitrogens is 2. The SMILES string of the molecule is Cc1cc(C(=O)Nc2cccc3[nH]ccc23)n[nH]1. The molecule has 5 heteroatoms. The smallest absolute Gasteiger partial charge is 0.276 e. The molecule has 0 atom stereocenters. The second-order valence-electron chi connectivity index (χ2n) is 4.13. The molecule has 2 heterocycles. The third-order valence-electron chi connectivity index (χ3n) is 2.78. The van der Waals surface area contributed by atoms with Crippen LogP contribution in [0.2, 0.25) is 0 Å². The normalized spacial score (nSPS) is 10.7. The van der Waals surface area contributed by atoms with Crippen LogP contribution in [0.3, 0.4) is 0 Å². The summed E-state index contributed by atoms with van der Waals surface area (Å²) in [4.78, 5) is 15.1. The van der Waals surface area contributed by atoms with Crippen molar-refractivity contribution in [1.29, 1.82) is 0 Å². The van der Waals surface area contributed by atoms with E-state index in [1.165, 1.54) is 0 Å². The van der Waals surface area contributed by atoms with E-state index in [1.807, 2.05) is 37.4 Å². The summed E-state index contributed by atoms with van der Waals surface area (Å²) in [6, 6.07) is 9.37. The Morgan fingerprint density at radius 2 is 2.22 bits per heavy atom. The minimum absolute atomic E-state index is 0.215. The molecule has 0 bridgehead atoms. The molecule has 1 amide bonds. The lowest BCUT2D eigenvalue weighted by atomic mass is 10.2. The number of benzene rings is 1. The van der Waals surface area contributed by atoms with Gasteiger partial charge in [-0.3, -0.25) is 9.89 Å². The van der Waals surface area contributed by atoms with Gasteiger partial charge in [0.1, 0.15) is 0 Å². The van der Waals surface area contributed by atoms with E-state index in [4.69, 9.17) is 0 Å². The number of nitrogens with one attached hydrogen (secondary N) is 3. The van der Waals surface area contributed by atoms with E-state index < -0.39 is 0 Å². The number of hydrogen-bond acceptors (Lipinski definition) is 2. The van der Waals surface area contributed by atoms with E-state index in [0.29, 0.717) is 5.69 Å². The van der Waals surface area contributed by atoms with E-state index in [2.05, 4.69) is 20.5 Å². The highest BCUT2D eigenvalue weighted by Crippen LogP contribution is 2.22. The van der Waals surface area contributed by atoms with Crippen molar-refractivity contribution in [2.45, 2.75) is 6.92 Å². The van der Waals surface area contributed by atoms with Crippen molar-refractivity contribution in [2.24, 2.45) is 0 Å². The first-order valence-electron chi connectivity index (χ1n) is 5.63. The zero-order chi connectivity index (χ0) is 12.5. The number of amides is 1. The number of rotatable bonds is 2. The summed E-state index contributed by atoms with van der Waals surface area (Å²) in [5.74, 6) is -0.215. The molecule has 3 aromatic rings. The number of anilines is 1. The number of hydrogen-bond donors (Lipinski definition) is 3. The Morgan fingerprint density at radius 1 is 1.33 bits per heavy atom. The van der Waals surface area contributed by atoms with Crippen LogP contribution in [0.5, 0.6) is 0 Å². The first kappa shape index (κ1) is 10.6. The highest BCUT2D eigenvalue weighted by Gasteiger charge is 2.11. The molecule has 3 N–H and O–H groups in total. The van der Waals surface area contributed by atoms with E-state index >= 15 is 0 Å². The maximum Gasteiger partial charge on any atom is 0.276 e. The molecule has 5 nitrogen and oxygen atoms in total. The molecule has 90 valence electrons. The van der Waals surface area contributed by atoms with Gasteiger partial charge in [-0.1, -0.05) is 6.07 Å². The molecule has 0 radical (unpaired) electrons. The number of nitrogens with zero attached hydrogens (tertiary/aromatic N) is 1. The van der Waals surface area contributed by atoms with Crippen molar-refractivity contribution in [3.05, 3.63) is 47.9 Å². The fourth-order valence-corrected chi connectivity index (χ4v) is 1.92. The Kier molecular flexibility index (Phi) is 2.37. The lowest BCUT2D eigenvalue weighted by molar-refractivity contribution is 0.102. The molecular formula is C13H12N4O. The van der Waals surface area contributed by atoms with Crippen LogP contribution in [-0.2, 0) is 0 Å². The number of carbonyl (C=O) groups is 1. The third kappa shape index (κ3) is 1.75. The first-order chi connectivity index (χ1) is 8.74. The predicted molar refractivity (Wildman–Crippen MR) is 69.6 cm³/mol. The van der Waals surface area contributed by atoms with Gasteiger partial charge in [0.25, 0.3) is 5.91 Å². The van der Waals surface area contributed by atoms with Crippen molar-refractivity contribution in [2.75, 3.05) is 5.32 Å². The second-order valence-corrected chi connectivity index (χ2v) is 4.13. The lowest BCUT2D eigenvalue weighted by Gasteiger charge is -2.04. The van der Waals surface area contributed by atoms with Crippen LogP contribution < -0.4 is 5.32 Å². The Bertz CT molecular complexity index is 710. The van der Waals surface area contributed by atoms with Crippen LogP contribution in [-0.4, -0.2) is 21.1 Å². The molecule has 0 saturated carbocycles. The maximum absolute atomic E-state index is 12.0. The van der Waals surface area contributed by atoms with Gasteiger partial charge in [-0.05, 0) is 31.2 Å². The largest absolute Gasteiger partial charge is 0.361 e. The number of carbonyl (C=O) groups excluding carboxylic acids is 1. The zero-order valence-corrected chi connectivity index (χ0v) is 9.82. The molecule has 1 aromatic carbocycles. The fourth-order valence-electron chi connectivity index (χ4n) is 1.92. The average molecular weight is 240 g/mol. The highest BCUT2D eigenvalue weighted by molar-refractivity contribution is 6.07. The van der Waals surface area contributed by atoms with E-state index in [-0.39, 0.29) is 5.91 Å². The molecule has 0 fully saturated rings. The van der Waals surface area contributed by atoms with Crippen LogP contribution in [0, 0.1) is 6.92 Å². The first-order valence-corrected chi connectivity index (χ1v) is 5.63. The molecule has 18 heavy (non-hydrogen) atoms. The van der Waals surface area contributed by atoms with Crippen molar-refractivity contribution in [1.82, 2.24) is 15.2 Å². The van der Waals surface area contributed by atoms with Crippen molar-refractivity contribution >= 4 is 22.5 Å². The average Bonchev–Trinajstić information content (AvgIpc) is 2.97. The van der Waals surface area contributed by atoms with Gasteiger partial charge in [0.2, 0.25) is 0 Å². The summed E-state index contributed by atoms with van der Waals surface area (Å²) >= 11 is 0. The third-order valence-corrected chi connectivity index (χ3v) is 2.78. The van der Waals surface area contributed by atoms with Crippen molar-refractivity contribution in [3.8, 4) is 0 Å². The van der Waals surface area contributed by atoms with E-state index in [9.17, 15) is 4.79 Å². The second kappa shape index (κ2) is 4.03. The summed E-state index contributed by atoms with van der Waals surface area (Å²) in [6.45, 7) is 1.86. The summed E-state index contributed by atoms with van der Waals surface area (Å²) < 4.78 is 0. The number of aromatic amines is 2. The standard InChI is InChI=1S/C13H12N4O/c1-8-7-12(17-16-8)13(18)15-11-4-2-3-10-9(11)5-6-14-10/h2-7,14H,1H3,(H,15,18)(H,16,17). The van der Waals surface area contributed by atoms with Gasteiger partial charge in [-0.25, -0.2) is 0 Å². The van der Waals surface area contributed by atoms with Crippen LogP contribution in [0.4, 0.5) is 5.69 Å². The highest BCUT2D eigenvalue weighted by atomic mass is 16.1. The number of aryl methyl sites for hydroxylation is 1. The molecule has 0 unspecified atom stereocenters. The molecule has 0 spiro atoms. The van der Waals surface area contributed by atoms with Gasteiger partial charge in [0.15, 0.2) is 5.69 Å². The van der Waals surface area contributed by atoms with Crippen molar-refractivity contribution in [3.63, 3.8) is 0 Å². The van der Waals surface area contributed by atoms with Gasteiger partial charge in [0, 0.05) is 22.8 Å².